The Bertz CT molecular complexity index is 1620. The number of methoxy groups -OCH3 is 2. The number of aliphatic hydroxyl groups excluding tert-OH is 2. The number of aromatic nitrogens is 1. The van der Waals surface area contributed by atoms with Crippen LogP contribution in [0.4, 0.5) is 0 Å². The number of nitrogens with one attached hydrogen (secondary N) is 1. The van der Waals surface area contributed by atoms with E-state index in [-0.39, 0.29) is 37.8 Å². The van der Waals surface area contributed by atoms with Crippen molar-refractivity contribution in [2.75, 3.05) is 28.3 Å². The van der Waals surface area contributed by atoms with Crippen LogP contribution in [-0.4, -0.2) is 162 Å². The summed E-state index contributed by atoms with van der Waals surface area (Å²) in [6, 6.07) is 2.65. The van der Waals surface area contributed by atoms with Crippen LogP contribution in [-0.2, 0) is 58.7 Å². The van der Waals surface area contributed by atoms with Gasteiger partial charge in [-0.15, -0.1) is 0 Å². The fourth-order valence-corrected chi connectivity index (χ4v) is 9.51. The van der Waals surface area contributed by atoms with Crippen LogP contribution in [0.15, 0.2) is 24.5 Å². The SMILES string of the molecule is CC[C@H]1OC(=O)[C@H](C)[C@@H](O[C@H]2C[C@@](C)(OC)[C@@H](OC(=O)Cc3cccnc3)[C@H](C)O2)[C@H](C)[C@@H](O[C@@H]2O[C@H](C)C[C@H](N(C)C)[C@H]2O)[C@](C)(OC)C[C@@H](C)NC(=O)[C@H](C)[C@@H](O)[C@]1(C)O. The molecule has 4 N–H and O–H groups in total. The van der Waals surface area contributed by atoms with Gasteiger partial charge in [-0.1, -0.05) is 26.8 Å². The van der Waals surface area contributed by atoms with Crippen molar-refractivity contribution < 1.29 is 67.6 Å². The number of ether oxygens (including phenoxy) is 8. The first-order valence-electron chi connectivity index (χ1n) is 22.0. The zero-order valence-corrected chi connectivity index (χ0v) is 39.2. The van der Waals surface area contributed by atoms with E-state index in [1.807, 2.05) is 39.8 Å². The van der Waals surface area contributed by atoms with E-state index in [4.69, 9.17) is 37.9 Å². The van der Waals surface area contributed by atoms with Crippen LogP contribution in [0.5, 0.6) is 0 Å². The highest BCUT2D eigenvalue weighted by atomic mass is 16.7. The topological polar surface area (TPSA) is 214 Å². The van der Waals surface area contributed by atoms with E-state index in [9.17, 15) is 29.7 Å². The molecule has 0 radical (unpaired) electrons. The first kappa shape index (κ1) is 51.8. The highest BCUT2D eigenvalue weighted by molar-refractivity contribution is 5.79. The van der Waals surface area contributed by atoms with Crippen molar-refractivity contribution in [2.45, 2.75) is 192 Å². The van der Waals surface area contributed by atoms with E-state index >= 15 is 0 Å². The minimum atomic E-state index is -2.03. The van der Waals surface area contributed by atoms with Crippen LogP contribution in [0.3, 0.4) is 0 Å². The van der Waals surface area contributed by atoms with E-state index in [0.29, 0.717) is 12.0 Å². The van der Waals surface area contributed by atoms with Crippen LogP contribution in [0.2, 0.25) is 0 Å². The number of carbonyl (C=O) groups excluding carboxylic acids is 3. The summed E-state index contributed by atoms with van der Waals surface area (Å²) < 4.78 is 51.0. The second-order valence-electron chi connectivity index (χ2n) is 18.7. The van der Waals surface area contributed by atoms with Crippen molar-refractivity contribution in [3.8, 4) is 0 Å². The van der Waals surface area contributed by atoms with Gasteiger partial charge in [0.15, 0.2) is 18.7 Å². The lowest BCUT2D eigenvalue weighted by molar-refractivity contribution is -0.319. The van der Waals surface area contributed by atoms with E-state index in [1.165, 1.54) is 28.1 Å². The number of hydrogen-bond acceptors (Lipinski definition) is 16. The highest BCUT2D eigenvalue weighted by Crippen LogP contribution is 2.41. The average Bonchev–Trinajstić information content (AvgIpc) is 3.21. The van der Waals surface area contributed by atoms with Crippen LogP contribution in [0.25, 0.3) is 0 Å². The van der Waals surface area contributed by atoms with Gasteiger partial charge < -0.3 is 63.4 Å². The summed E-state index contributed by atoms with van der Waals surface area (Å²) in [5.74, 6) is -4.72. The number of esters is 2. The zero-order valence-electron chi connectivity index (χ0n) is 39.2. The molecule has 0 aliphatic carbocycles. The number of carbonyl (C=O) groups is 3. The average molecular weight is 882 g/mol. The summed E-state index contributed by atoms with van der Waals surface area (Å²) in [6.07, 6.45) is -5.91. The number of hydrogen-bond donors (Lipinski definition) is 4. The maximum Gasteiger partial charge on any atom is 0.311 e. The first-order valence-corrected chi connectivity index (χ1v) is 22.0. The molecular formula is C45H75N3O14. The quantitative estimate of drug-likeness (QED) is 0.235. The second-order valence-corrected chi connectivity index (χ2v) is 18.7. The molecule has 17 nitrogen and oxygen atoms in total. The van der Waals surface area contributed by atoms with E-state index in [0.717, 1.165) is 0 Å². The Balaban J connectivity index is 1.80. The molecule has 4 heterocycles. The molecule has 3 saturated heterocycles. The predicted octanol–water partition coefficient (Wildman–Crippen LogP) is 2.93. The molecule has 1 aromatic heterocycles. The van der Waals surface area contributed by atoms with Gasteiger partial charge >= 0.3 is 11.9 Å². The fourth-order valence-electron chi connectivity index (χ4n) is 9.51. The molecule has 1 aromatic rings. The summed E-state index contributed by atoms with van der Waals surface area (Å²) in [5.41, 5.74) is -3.70. The number of pyridine rings is 1. The molecular weight excluding hydrogens is 807 g/mol. The van der Waals surface area contributed by atoms with Gasteiger partial charge in [-0.05, 0) is 93.5 Å². The Morgan fingerprint density at radius 1 is 0.952 bits per heavy atom. The van der Waals surface area contributed by atoms with Crippen molar-refractivity contribution in [1.29, 1.82) is 0 Å². The fraction of sp³-hybridized carbons (Fsp3) is 0.822. The van der Waals surface area contributed by atoms with E-state index in [2.05, 4.69) is 10.3 Å². The number of aliphatic hydroxyl groups is 3. The van der Waals surface area contributed by atoms with Gasteiger partial charge in [-0.25, -0.2) is 0 Å². The molecule has 354 valence electrons. The van der Waals surface area contributed by atoms with Crippen LogP contribution in [0, 0.1) is 17.8 Å². The lowest BCUT2D eigenvalue weighted by Gasteiger charge is -2.50. The molecule has 0 unspecified atom stereocenters. The number of cyclic esters (lactones) is 1. The molecule has 3 aliphatic rings. The molecule has 0 spiro atoms. The molecule has 18 atom stereocenters. The molecule has 0 bridgehead atoms. The standard InChI is InChI=1S/C45H75N3O14/c1-15-32-45(10,54)37(51)28(6)40(52)47-24(2)21-43(8,55-13)38(62-42-35(50)31(48(11)12)19-25(3)57-42)26(4)36(27(5)41(53)59-32)61-34-22-44(9,56-14)39(29(7)58-34)60-33(49)20-30-17-16-18-46-23-30/h16-18,23-29,31-32,34-39,42,50-51,54H,15,19-22H2,1-14H3,(H,47,52)/t24-,25-,26+,27-,28-,29+,31+,32-,34+,35-,36+,37-,38-,39+,42+,43-,44-,45-/m1/s1. The molecule has 4 rings (SSSR count). The Labute approximate surface area is 367 Å². The summed E-state index contributed by atoms with van der Waals surface area (Å²) in [6.45, 7) is 17.1. The first-order chi connectivity index (χ1) is 28.9. The Morgan fingerprint density at radius 2 is 1.60 bits per heavy atom. The lowest BCUT2D eigenvalue weighted by atomic mass is 9.78. The van der Waals surface area contributed by atoms with Crippen LogP contribution < -0.4 is 5.32 Å². The van der Waals surface area contributed by atoms with Gasteiger partial charge in [0.1, 0.15) is 23.4 Å². The van der Waals surface area contributed by atoms with Crippen LogP contribution in [0.1, 0.15) is 100 Å². The second kappa shape index (κ2) is 21.4. The number of amides is 1. The smallest absolute Gasteiger partial charge is 0.311 e. The summed E-state index contributed by atoms with van der Waals surface area (Å²) in [4.78, 5) is 47.4. The molecule has 62 heavy (non-hydrogen) atoms. The molecule has 3 aliphatic heterocycles. The van der Waals surface area contributed by atoms with Crippen molar-refractivity contribution in [3.05, 3.63) is 30.1 Å². The third kappa shape index (κ3) is 11.9. The Morgan fingerprint density at radius 3 is 2.18 bits per heavy atom. The van der Waals surface area contributed by atoms with Crippen LogP contribution >= 0.6 is 0 Å². The summed E-state index contributed by atoms with van der Waals surface area (Å²) >= 11 is 0. The Hall–Kier alpha value is -2.84. The third-order valence-corrected chi connectivity index (χ3v) is 13.4. The van der Waals surface area contributed by atoms with Gasteiger partial charge in [-0.2, -0.15) is 0 Å². The van der Waals surface area contributed by atoms with Crippen molar-refractivity contribution >= 4 is 17.8 Å². The van der Waals surface area contributed by atoms with Gasteiger partial charge in [0, 0.05) is 51.0 Å². The number of likely N-dealkylation sites (N-methyl/N-ethyl adjacent to an activating group) is 1. The van der Waals surface area contributed by atoms with Crippen molar-refractivity contribution in [1.82, 2.24) is 15.2 Å². The largest absolute Gasteiger partial charge is 0.459 e. The highest BCUT2D eigenvalue weighted by Gasteiger charge is 2.54. The third-order valence-electron chi connectivity index (χ3n) is 13.4. The number of rotatable bonds is 11. The van der Waals surface area contributed by atoms with Gasteiger partial charge in [0.2, 0.25) is 5.91 Å². The molecule has 17 heteroatoms. The molecule has 0 aromatic carbocycles. The minimum Gasteiger partial charge on any atom is -0.459 e. The normalized spacial score (nSPS) is 42.9. The monoisotopic (exact) mass is 882 g/mol. The predicted molar refractivity (Wildman–Crippen MR) is 226 cm³/mol. The maximum absolute atomic E-state index is 14.5. The van der Waals surface area contributed by atoms with E-state index in [1.54, 1.807) is 59.1 Å². The summed E-state index contributed by atoms with van der Waals surface area (Å²) in [7, 11) is 6.78. The zero-order chi connectivity index (χ0) is 46.5. The minimum absolute atomic E-state index is 0.00694. The lowest BCUT2D eigenvalue weighted by Crippen LogP contribution is -2.61. The molecule has 3 fully saturated rings. The molecule has 0 saturated carbocycles. The summed E-state index contributed by atoms with van der Waals surface area (Å²) in [5, 5.41) is 37.9. The van der Waals surface area contributed by atoms with Gasteiger partial charge in [-0.3, -0.25) is 19.4 Å². The van der Waals surface area contributed by atoms with Crippen molar-refractivity contribution in [3.63, 3.8) is 0 Å². The van der Waals surface area contributed by atoms with Gasteiger partial charge in [0.25, 0.3) is 0 Å². The molecule has 1 amide bonds. The van der Waals surface area contributed by atoms with Gasteiger partial charge in [0.05, 0.1) is 54.4 Å². The number of nitrogens with zero attached hydrogens (tertiary/aromatic N) is 2. The van der Waals surface area contributed by atoms with E-state index < -0.39 is 114 Å². The van der Waals surface area contributed by atoms with Crippen molar-refractivity contribution in [2.24, 2.45) is 17.8 Å². The maximum atomic E-state index is 14.5. The Kier molecular flexibility index (Phi) is 17.9.